The first-order valence-electron chi connectivity index (χ1n) is 22.8. The van der Waals surface area contributed by atoms with Gasteiger partial charge in [-0.2, -0.15) is 0 Å². The molecule has 0 radical (unpaired) electrons. The van der Waals surface area contributed by atoms with E-state index in [2.05, 4.69) is 11.4 Å². The van der Waals surface area contributed by atoms with Gasteiger partial charge >= 0.3 is 27.6 Å². The van der Waals surface area contributed by atoms with Crippen molar-refractivity contribution in [1.29, 1.82) is 0 Å². The van der Waals surface area contributed by atoms with Crippen LogP contribution in [0.2, 0.25) is 0 Å². The average molecular weight is 906 g/mol. The van der Waals surface area contributed by atoms with E-state index in [0.29, 0.717) is 12.8 Å². The second-order valence-electron chi connectivity index (χ2n) is 16.3. The van der Waals surface area contributed by atoms with Crippen molar-refractivity contribution in [3.8, 4) is 0 Å². The lowest BCUT2D eigenvalue weighted by atomic mass is 9.85. The molecule has 0 saturated heterocycles. The zero-order valence-electron chi connectivity index (χ0n) is 36.2. The fourth-order valence-corrected chi connectivity index (χ4v) is 8.75. The van der Waals surface area contributed by atoms with Crippen LogP contribution in [-0.4, -0.2) is 110 Å². The highest BCUT2D eigenvalue weighted by atomic mass is 31.2. The van der Waals surface area contributed by atoms with E-state index in [1.807, 2.05) is 0 Å². The molecule has 8 atom stereocenters. The number of carbonyl (C=O) groups excluding carboxylic acids is 2. The Morgan fingerprint density at radius 2 is 0.900 bits per heavy atom. The summed E-state index contributed by atoms with van der Waals surface area (Å²) in [5.74, 6) is -1.20. The van der Waals surface area contributed by atoms with Crippen molar-refractivity contribution in [3.63, 3.8) is 0 Å². The summed E-state index contributed by atoms with van der Waals surface area (Å²) in [4.78, 5) is 54.1. The second-order valence-corrected chi connectivity index (χ2v) is 18.9. The lowest BCUT2D eigenvalue weighted by Gasteiger charge is -2.43. The second kappa shape index (κ2) is 34.4. The summed E-state index contributed by atoms with van der Waals surface area (Å²) in [6.07, 6.45) is 14.4. The van der Waals surface area contributed by atoms with Crippen LogP contribution in [0.15, 0.2) is 0 Å². The molecule has 1 saturated carbocycles. The number of nitrogens with two attached hydrogens (primary N) is 1. The molecule has 1 aliphatic rings. The molecule has 0 aromatic carbocycles. The number of carbonyl (C=O) groups is 2. The number of phosphoric acid groups is 2. The van der Waals surface area contributed by atoms with Crippen molar-refractivity contribution >= 4 is 27.6 Å². The SMILES string of the molecule is CCCCCCCCCCCCCCCC(=O)O[C@H](COC(=O)CCCCCCCCCCCCCCCN)COP(=O)(O)OC1C(O)[C@@H](O)C(O)[C@@H](OP(=O)(O)O)[C@H]1O. The highest BCUT2D eigenvalue weighted by Crippen LogP contribution is 2.49. The van der Waals surface area contributed by atoms with Gasteiger partial charge in [-0.15, -0.1) is 0 Å². The Hall–Kier alpha value is -1.04. The van der Waals surface area contributed by atoms with Gasteiger partial charge in [-0.1, -0.05) is 155 Å². The smallest absolute Gasteiger partial charge is 0.462 e. The van der Waals surface area contributed by atoms with E-state index in [1.165, 1.54) is 96.3 Å². The summed E-state index contributed by atoms with van der Waals surface area (Å²) < 4.78 is 49.3. The van der Waals surface area contributed by atoms with E-state index in [0.717, 1.165) is 64.3 Å². The summed E-state index contributed by atoms with van der Waals surface area (Å²) in [6, 6.07) is 0. The summed E-state index contributed by atoms with van der Waals surface area (Å²) >= 11 is 0. The van der Waals surface area contributed by atoms with E-state index >= 15 is 0 Å². The van der Waals surface area contributed by atoms with Gasteiger partial charge in [0.1, 0.15) is 43.2 Å². The van der Waals surface area contributed by atoms with Crippen molar-refractivity contribution in [2.45, 2.75) is 229 Å². The molecule has 0 heterocycles. The number of aliphatic hydroxyl groups excluding tert-OH is 4. The van der Waals surface area contributed by atoms with Crippen LogP contribution in [-0.2, 0) is 41.8 Å². The lowest BCUT2D eigenvalue weighted by molar-refractivity contribution is -0.216. The largest absolute Gasteiger partial charge is 0.472 e. The first-order valence-corrected chi connectivity index (χ1v) is 25.8. The van der Waals surface area contributed by atoms with Gasteiger partial charge < -0.3 is 50.3 Å². The number of aliphatic hydroxyl groups is 4. The predicted molar refractivity (Wildman–Crippen MR) is 226 cm³/mol. The van der Waals surface area contributed by atoms with E-state index < -0.39 is 83.5 Å². The molecule has 0 bridgehead atoms. The Kier molecular flexibility index (Phi) is 32.6. The van der Waals surface area contributed by atoms with E-state index in [1.54, 1.807) is 0 Å². The summed E-state index contributed by atoms with van der Waals surface area (Å²) in [5.41, 5.74) is 5.53. The van der Waals surface area contributed by atoms with Gasteiger partial charge in [0.05, 0.1) is 6.61 Å². The molecule has 0 aromatic heterocycles. The normalized spacial score (nSPS) is 22.4. The van der Waals surface area contributed by atoms with E-state index in [9.17, 15) is 44.0 Å². The quantitative estimate of drug-likeness (QED) is 0.0179. The maximum atomic E-state index is 12.9. The molecule has 1 fully saturated rings. The molecule has 1 aliphatic carbocycles. The maximum absolute atomic E-state index is 12.9. The minimum Gasteiger partial charge on any atom is -0.462 e. The standard InChI is InChI=1S/C41H81NO16P2/c1-2-3-4-5-6-7-8-10-14-17-20-23-26-29-35(44)56-33(31-54-34(43)28-25-22-19-16-13-11-9-12-15-18-21-24-27-30-42)32-55-60(52,53)58-41-38(47)36(45)37(46)40(39(41)48)57-59(49,50)51/h33,36-41,45-48H,2-32,42H2,1H3,(H,52,53)(H2,49,50,51)/t33-,36+,37?,38?,39-,40-,41?/m1/s1. The van der Waals surface area contributed by atoms with Crippen LogP contribution >= 0.6 is 15.6 Å². The Labute approximate surface area is 358 Å². The van der Waals surface area contributed by atoms with Gasteiger partial charge in [-0.05, 0) is 25.8 Å². The van der Waals surface area contributed by atoms with Crippen LogP contribution in [0.25, 0.3) is 0 Å². The molecule has 4 unspecified atom stereocenters. The molecular weight excluding hydrogens is 824 g/mol. The van der Waals surface area contributed by atoms with Crippen LogP contribution in [0.1, 0.15) is 187 Å². The van der Waals surface area contributed by atoms with Gasteiger partial charge in [0.2, 0.25) is 0 Å². The summed E-state index contributed by atoms with van der Waals surface area (Å²) in [7, 11) is -10.7. The first kappa shape index (κ1) is 57.0. The van der Waals surface area contributed by atoms with Crippen molar-refractivity contribution in [1.82, 2.24) is 0 Å². The molecule has 0 aliphatic heterocycles. The van der Waals surface area contributed by atoms with Crippen LogP contribution in [0.3, 0.4) is 0 Å². The van der Waals surface area contributed by atoms with Crippen molar-refractivity contribution in [2.75, 3.05) is 19.8 Å². The fourth-order valence-electron chi connectivity index (χ4n) is 7.22. The van der Waals surface area contributed by atoms with Crippen LogP contribution in [0.4, 0.5) is 0 Å². The zero-order valence-corrected chi connectivity index (χ0v) is 38.0. The van der Waals surface area contributed by atoms with E-state index in [4.69, 9.17) is 34.0 Å². The van der Waals surface area contributed by atoms with Gasteiger partial charge in [-0.25, -0.2) is 9.13 Å². The number of rotatable bonds is 39. The highest BCUT2D eigenvalue weighted by molar-refractivity contribution is 7.47. The Bertz CT molecular complexity index is 1200. The maximum Gasteiger partial charge on any atom is 0.472 e. The fraction of sp³-hybridized carbons (Fsp3) is 0.951. The predicted octanol–water partition coefficient (Wildman–Crippen LogP) is 6.78. The third-order valence-corrected chi connectivity index (χ3v) is 12.3. The Balaban J connectivity index is 2.60. The minimum absolute atomic E-state index is 0.0480. The molecule has 0 spiro atoms. The topological polar surface area (TPSA) is 282 Å². The van der Waals surface area contributed by atoms with E-state index in [-0.39, 0.29) is 12.8 Å². The number of unbranched alkanes of at least 4 members (excludes halogenated alkanes) is 24. The minimum atomic E-state index is -5.36. The molecule has 19 heteroatoms. The third-order valence-electron chi connectivity index (χ3n) is 10.8. The van der Waals surface area contributed by atoms with Crippen LogP contribution < -0.4 is 5.73 Å². The molecule has 0 amide bonds. The van der Waals surface area contributed by atoms with Gasteiger partial charge in [0.25, 0.3) is 0 Å². The molecule has 17 nitrogen and oxygen atoms in total. The number of ether oxygens (including phenoxy) is 2. The number of esters is 2. The van der Waals surface area contributed by atoms with Crippen LogP contribution in [0, 0.1) is 0 Å². The number of hydrogen-bond acceptors (Lipinski definition) is 14. The number of hydrogen-bond donors (Lipinski definition) is 8. The lowest BCUT2D eigenvalue weighted by Crippen LogP contribution is -2.64. The highest BCUT2D eigenvalue weighted by Gasteiger charge is 2.54. The van der Waals surface area contributed by atoms with Gasteiger partial charge in [0.15, 0.2) is 6.10 Å². The molecule has 60 heavy (non-hydrogen) atoms. The molecule has 356 valence electrons. The van der Waals surface area contributed by atoms with Gasteiger partial charge in [-0.3, -0.25) is 23.2 Å². The molecule has 0 aromatic rings. The first-order chi connectivity index (χ1) is 28.6. The van der Waals surface area contributed by atoms with Gasteiger partial charge in [0, 0.05) is 12.8 Å². The molecular formula is C41H81NO16P2. The monoisotopic (exact) mass is 906 g/mol. The van der Waals surface area contributed by atoms with Crippen molar-refractivity contribution in [2.24, 2.45) is 5.73 Å². The van der Waals surface area contributed by atoms with Crippen molar-refractivity contribution in [3.05, 3.63) is 0 Å². The zero-order chi connectivity index (χ0) is 44.7. The van der Waals surface area contributed by atoms with Crippen LogP contribution in [0.5, 0.6) is 0 Å². The Morgan fingerprint density at radius 1 is 0.517 bits per heavy atom. The Morgan fingerprint density at radius 3 is 1.32 bits per heavy atom. The average Bonchev–Trinajstić information content (AvgIpc) is 3.20. The summed E-state index contributed by atoms with van der Waals surface area (Å²) in [5, 5.41) is 41.2. The summed E-state index contributed by atoms with van der Waals surface area (Å²) in [6.45, 7) is 1.64. The molecule has 9 N–H and O–H groups in total. The van der Waals surface area contributed by atoms with Crippen molar-refractivity contribution < 1.29 is 76.9 Å². The third kappa shape index (κ3) is 28.6. The number of phosphoric ester groups is 2. The molecule has 1 rings (SSSR count).